The predicted molar refractivity (Wildman–Crippen MR) is 73.7 cm³/mol. The van der Waals surface area contributed by atoms with Gasteiger partial charge in [-0.1, -0.05) is 26.0 Å². The molecule has 1 unspecified atom stereocenters. The van der Waals surface area contributed by atoms with Gasteiger partial charge in [0.2, 0.25) is 0 Å². The predicted octanol–water partition coefficient (Wildman–Crippen LogP) is 3.18. The molecule has 96 valence electrons. The van der Waals surface area contributed by atoms with E-state index in [0.29, 0.717) is 12.0 Å². The van der Waals surface area contributed by atoms with Crippen LogP contribution in [0.2, 0.25) is 0 Å². The minimum atomic E-state index is 0.519. The Bertz CT molecular complexity index is 347. The Hall–Kier alpha value is -1.02. The second-order valence-corrected chi connectivity index (χ2v) is 5.21. The average molecular weight is 235 g/mol. The summed E-state index contributed by atoms with van der Waals surface area (Å²) < 4.78 is 5.27. The van der Waals surface area contributed by atoms with Gasteiger partial charge in [0, 0.05) is 6.04 Å². The molecule has 0 saturated heterocycles. The molecule has 0 aliphatic rings. The summed E-state index contributed by atoms with van der Waals surface area (Å²) in [6.07, 6.45) is 1.07. The van der Waals surface area contributed by atoms with Gasteiger partial charge in [-0.25, -0.2) is 0 Å². The van der Waals surface area contributed by atoms with Gasteiger partial charge in [-0.05, 0) is 49.9 Å². The van der Waals surface area contributed by atoms with Crippen LogP contribution in [-0.4, -0.2) is 19.7 Å². The highest BCUT2D eigenvalue weighted by atomic mass is 16.5. The van der Waals surface area contributed by atoms with Gasteiger partial charge in [-0.15, -0.1) is 0 Å². The summed E-state index contributed by atoms with van der Waals surface area (Å²) in [5.74, 6) is 1.67. The molecule has 1 aromatic carbocycles. The van der Waals surface area contributed by atoms with E-state index in [0.717, 1.165) is 18.7 Å². The van der Waals surface area contributed by atoms with Crippen LogP contribution < -0.4 is 10.1 Å². The highest BCUT2D eigenvalue weighted by Crippen LogP contribution is 2.19. The number of ether oxygens (including phenoxy) is 1. The molecule has 0 aliphatic heterocycles. The summed E-state index contributed by atoms with van der Waals surface area (Å²) in [6, 6.07) is 6.94. The second kappa shape index (κ2) is 6.65. The van der Waals surface area contributed by atoms with Crippen LogP contribution in [0, 0.1) is 12.8 Å². The summed E-state index contributed by atoms with van der Waals surface area (Å²) in [6.45, 7) is 9.88. The molecule has 0 bridgehead atoms. The molecule has 1 rings (SSSR count). The number of aryl methyl sites for hydroxylation is 1. The fraction of sp³-hybridized carbons (Fsp3) is 0.600. The Morgan fingerprint density at radius 1 is 1.24 bits per heavy atom. The van der Waals surface area contributed by atoms with Crippen molar-refractivity contribution in [3.63, 3.8) is 0 Å². The number of nitrogens with one attached hydrogen (secondary N) is 1. The molecule has 0 radical (unpaired) electrons. The lowest BCUT2D eigenvalue weighted by Gasteiger charge is -2.16. The normalized spacial score (nSPS) is 12.8. The maximum atomic E-state index is 5.27. The van der Waals surface area contributed by atoms with Crippen LogP contribution in [0.15, 0.2) is 18.2 Å². The third-order valence-corrected chi connectivity index (χ3v) is 2.88. The third-order valence-electron chi connectivity index (χ3n) is 2.88. The lowest BCUT2D eigenvalue weighted by Crippen LogP contribution is -2.31. The van der Waals surface area contributed by atoms with E-state index in [4.69, 9.17) is 4.74 Å². The lowest BCUT2D eigenvalue weighted by atomic mass is 10.0. The Balaban J connectivity index is 2.53. The Kier molecular flexibility index (Phi) is 5.49. The molecule has 0 spiro atoms. The van der Waals surface area contributed by atoms with Gasteiger partial charge in [0.05, 0.1) is 7.11 Å². The zero-order chi connectivity index (χ0) is 12.8. The molecule has 0 aliphatic carbocycles. The molecule has 0 heterocycles. The lowest BCUT2D eigenvalue weighted by molar-refractivity contribution is 0.411. The Labute approximate surface area is 105 Å². The molecule has 0 amide bonds. The first kappa shape index (κ1) is 14.0. The summed E-state index contributed by atoms with van der Waals surface area (Å²) in [7, 11) is 1.72. The van der Waals surface area contributed by atoms with Crippen LogP contribution in [-0.2, 0) is 6.42 Å². The molecule has 1 N–H and O–H groups in total. The molecule has 17 heavy (non-hydrogen) atoms. The number of hydrogen-bond donors (Lipinski definition) is 1. The third kappa shape index (κ3) is 4.78. The minimum absolute atomic E-state index is 0.519. The van der Waals surface area contributed by atoms with Crippen LogP contribution in [0.4, 0.5) is 0 Å². The summed E-state index contributed by atoms with van der Waals surface area (Å²) in [5, 5.41) is 3.55. The van der Waals surface area contributed by atoms with E-state index in [1.165, 1.54) is 11.1 Å². The van der Waals surface area contributed by atoms with Crippen molar-refractivity contribution < 1.29 is 4.74 Å². The van der Waals surface area contributed by atoms with Gasteiger partial charge in [0.25, 0.3) is 0 Å². The number of methoxy groups -OCH3 is 1. The van der Waals surface area contributed by atoms with Gasteiger partial charge in [-0.3, -0.25) is 0 Å². The standard InChI is InChI=1S/C15H25NO/c1-11(2)10-16-13(4)9-14-6-7-15(17-5)12(3)8-14/h6-8,11,13,16H,9-10H2,1-5H3. The van der Waals surface area contributed by atoms with Crippen molar-refractivity contribution in [2.24, 2.45) is 5.92 Å². The first-order valence-corrected chi connectivity index (χ1v) is 6.39. The van der Waals surface area contributed by atoms with Gasteiger partial charge in [0.15, 0.2) is 0 Å². The van der Waals surface area contributed by atoms with Gasteiger partial charge < -0.3 is 10.1 Å². The molecule has 2 nitrogen and oxygen atoms in total. The Morgan fingerprint density at radius 2 is 1.94 bits per heavy atom. The topological polar surface area (TPSA) is 21.3 Å². The monoisotopic (exact) mass is 235 g/mol. The Morgan fingerprint density at radius 3 is 2.47 bits per heavy atom. The maximum Gasteiger partial charge on any atom is 0.121 e. The molecule has 1 aromatic rings. The molecular weight excluding hydrogens is 210 g/mol. The van der Waals surface area contributed by atoms with Crippen molar-refractivity contribution in [1.82, 2.24) is 5.32 Å². The maximum absolute atomic E-state index is 5.27. The summed E-state index contributed by atoms with van der Waals surface area (Å²) in [4.78, 5) is 0. The van der Waals surface area contributed by atoms with Crippen molar-refractivity contribution in [2.45, 2.75) is 40.2 Å². The minimum Gasteiger partial charge on any atom is -0.496 e. The van der Waals surface area contributed by atoms with Crippen molar-refractivity contribution in [2.75, 3.05) is 13.7 Å². The smallest absolute Gasteiger partial charge is 0.121 e. The fourth-order valence-corrected chi connectivity index (χ4v) is 1.93. The van der Waals surface area contributed by atoms with Crippen molar-refractivity contribution >= 4 is 0 Å². The summed E-state index contributed by atoms with van der Waals surface area (Å²) >= 11 is 0. The quantitative estimate of drug-likeness (QED) is 0.817. The van der Waals surface area contributed by atoms with E-state index in [-0.39, 0.29) is 0 Å². The first-order chi connectivity index (χ1) is 8.02. The van der Waals surface area contributed by atoms with Crippen molar-refractivity contribution in [3.05, 3.63) is 29.3 Å². The SMILES string of the molecule is COc1ccc(CC(C)NCC(C)C)cc1C. The number of rotatable bonds is 6. The van der Waals surface area contributed by atoms with Crippen LogP contribution in [0.5, 0.6) is 5.75 Å². The van der Waals surface area contributed by atoms with E-state index in [1.807, 2.05) is 0 Å². The molecule has 0 aromatic heterocycles. The highest BCUT2D eigenvalue weighted by molar-refractivity contribution is 5.36. The van der Waals surface area contributed by atoms with Gasteiger partial charge in [-0.2, -0.15) is 0 Å². The number of hydrogen-bond acceptors (Lipinski definition) is 2. The highest BCUT2D eigenvalue weighted by Gasteiger charge is 2.06. The van der Waals surface area contributed by atoms with E-state index in [9.17, 15) is 0 Å². The van der Waals surface area contributed by atoms with Crippen LogP contribution in [0.3, 0.4) is 0 Å². The van der Waals surface area contributed by atoms with E-state index < -0.39 is 0 Å². The van der Waals surface area contributed by atoms with E-state index in [1.54, 1.807) is 7.11 Å². The van der Waals surface area contributed by atoms with E-state index in [2.05, 4.69) is 51.2 Å². The number of benzene rings is 1. The van der Waals surface area contributed by atoms with Crippen LogP contribution >= 0.6 is 0 Å². The zero-order valence-corrected chi connectivity index (χ0v) is 11.7. The molecule has 2 heteroatoms. The molecular formula is C15H25NO. The zero-order valence-electron chi connectivity index (χ0n) is 11.7. The van der Waals surface area contributed by atoms with Gasteiger partial charge in [0.1, 0.15) is 5.75 Å². The summed E-state index contributed by atoms with van der Waals surface area (Å²) in [5.41, 5.74) is 2.58. The molecule has 0 fully saturated rings. The van der Waals surface area contributed by atoms with Crippen molar-refractivity contribution in [3.8, 4) is 5.75 Å². The van der Waals surface area contributed by atoms with Crippen molar-refractivity contribution in [1.29, 1.82) is 0 Å². The first-order valence-electron chi connectivity index (χ1n) is 6.39. The van der Waals surface area contributed by atoms with Crippen LogP contribution in [0.1, 0.15) is 31.9 Å². The van der Waals surface area contributed by atoms with Crippen LogP contribution in [0.25, 0.3) is 0 Å². The fourth-order valence-electron chi connectivity index (χ4n) is 1.93. The molecule has 1 atom stereocenters. The average Bonchev–Trinajstić information content (AvgIpc) is 2.26. The molecule has 0 saturated carbocycles. The largest absolute Gasteiger partial charge is 0.496 e. The van der Waals surface area contributed by atoms with E-state index >= 15 is 0 Å². The second-order valence-electron chi connectivity index (χ2n) is 5.21. The van der Waals surface area contributed by atoms with Gasteiger partial charge >= 0.3 is 0 Å².